The van der Waals surface area contributed by atoms with Crippen LogP contribution in [0.1, 0.15) is 51.4 Å². The third kappa shape index (κ3) is 3.24. The average molecular weight is 329 g/mol. The predicted molar refractivity (Wildman–Crippen MR) is 100.0 cm³/mol. The maximum absolute atomic E-state index is 4.98. The van der Waals surface area contributed by atoms with Gasteiger partial charge in [0, 0.05) is 69.8 Å². The Hall–Kier alpha value is -0.970. The van der Waals surface area contributed by atoms with Crippen LogP contribution in [-0.4, -0.2) is 58.8 Å². The van der Waals surface area contributed by atoms with Gasteiger partial charge in [0.1, 0.15) is 0 Å². The van der Waals surface area contributed by atoms with Gasteiger partial charge in [-0.25, -0.2) is 0 Å². The zero-order chi connectivity index (χ0) is 15.2. The smallest absolute Gasteiger partial charge is 0.0707 e. The molecule has 4 nitrogen and oxygen atoms in total. The molecule has 5 aliphatic heterocycles. The van der Waals surface area contributed by atoms with Crippen LogP contribution < -0.4 is 5.32 Å². The van der Waals surface area contributed by atoms with Crippen molar-refractivity contribution in [1.29, 1.82) is 0 Å². The Kier molecular flexibility index (Phi) is 4.63. The summed E-state index contributed by atoms with van der Waals surface area (Å²) in [5, 5.41) is 3.71. The van der Waals surface area contributed by atoms with Crippen molar-refractivity contribution < 1.29 is 0 Å². The summed E-state index contributed by atoms with van der Waals surface area (Å²) in [6.07, 6.45) is 15.5. The molecular weight excluding hydrogens is 307 g/mol. The summed E-state index contributed by atoms with van der Waals surface area (Å²) in [6, 6.07) is 0.934. The molecule has 1 radical (unpaired) electrons. The standard InChI is InChI=1S/C19H22N4.Na/c1-3-14-10-16-5-7-18(22-16)19-8-6-17(23-19)11-15-4-2-13(21-15)9-12(1)20-14;/h9-11,18-19,22H,1-8H2;. The molecule has 0 aromatic rings. The number of allylic oxidation sites excluding steroid dienone is 6. The molecule has 2 unspecified atom stereocenters. The zero-order valence-electron chi connectivity index (χ0n) is 14.4. The minimum atomic E-state index is 0. The van der Waals surface area contributed by atoms with Crippen LogP contribution in [0.15, 0.2) is 50.3 Å². The van der Waals surface area contributed by atoms with Crippen LogP contribution in [0.2, 0.25) is 0 Å². The minimum absolute atomic E-state index is 0. The maximum Gasteiger partial charge on any atom is 0.0707 e. The molecule has 0 spiro atoms. The predicted octanol–water partition coefficient (Wildman–Crippen LogP) is 3.10. The van der Waals surface area contributed by atoms with E-state index in [0.29, 0.717) is 12.1 Å². The van der Waals surface area contributed by atoms with Crippen molar-refractivity contribution in [2.24, 2.45) is 15.0 Å². The Balaban J connectivity index is 0.00000146. The van der Waals surface area contributed by atoms with Gasteiger partial charge in [0.05, 0.1) is 6.04 Å². The van der Waals surface area contributed by atoms with Gasteiger partial charge >= 0.3 is 0 Å². The summed E-state index contributed by atoms with van der Waals surface area (Å²) in [4.78, 5) is 14.6. The number of hydrogen-bond acceptors (Lipinski definition) is 4. The van der Waals surface area contributed by atoms with Gasteiger partial charge in [-0.1, -0.05) is 0 Å². The molecule has 5 heteroatoms. The molecule has 24 heavy (non-hydrogen) atoms. The molecule has 1 saturated heterocycles. The van der Waals surface area contributed by atoms with Crippen LogP contribution in [0.25, 0.3) is 0 Å². The Morgan fingerprint density at radius 1 is 0.750 bits per heavy atom. The van der Waals surface area contributed by atoms with Gasteiger partial charge < -0.3 is 5.32 Å². The molecule has 5 heterocycles. The van der Waals surface area contributed by atoms with Crippen molar-refractivity contribution in [3.05, 3.63) is 35.3 Å². The molecular formula is C19H22N4Na. The molecule has 2 atom stereocenters. The van der Waals surface area contributed by atoms with E-state index >= 15 is 0 Å². The fourth-order valence-electron chi connectivity index (χ4n) is 4.24. The van der Waals surface area contributed by atoms with Crippen LogP contribution in [-0.2, 0) is 0 Å². The summed E-state index contributed by atoms with van der Waals surface area (Å²) in [5.41, 5.74) is 7.41. The second kappa shape index (κ2) is 6.74. The van der Waals surface area contributed by atoms with E-state index in [4.69, 9.17) is 15.0 Å². The van der Waals surface area contributed by atoms with Crippen LogP contribution in [0.5, 0.6) is 0 Å². The molecule has 5 rings (SSSR count). The first-order chi connectivity index (χ1) is 11.3. The molecule has 1 fully saturated rings. The zero-order valence-corrected chi connectivity index (χ0v) is 16.4. The SMILES string of the molecule is C1=C2CCC(=N2)C=C2CCC(N2)C2CCC(=N2)C=C2CCC1=N2.[Na]. The molecule has 0 saturated carbocycles. The summed E-state index contributed by atoms with van der Waals surface area (Å²) in [6.45, 7) is 0. The molecule has 0 aliphatic carbocycles. The quantitative estimate of drug-likeness (QED) is 0.682. The summed E-state index contributed by atoms with van der Waals surface area (Å²) >= 11 is 0. The van der Waals surface area contributed by atoms with E-state index in [9.17, 15) is 0 Å². The van der Waals surface area contributed by atoms with Crippen LogP contribution in [0.4, 0.5) is 0 Å². The van der Waals surface area contributed by atoms with E-state index in [1.165, 1.54) is 47.1 Å². The molecule has 0 aromatic carbocycles. The van der Waals surface area contributed by atoms with Crippen LogP contribution in [0, 0.1) is 0 Å². The van der Waals surface area contributed by atoms with E-state index in [-0.39, 0.29) is 29.6 Å². The van der Waals surface area contributed by atoms with E-state index in [2.05, 4.69) is 23.5 Å². The Labute approximate surface area is 165 Å². The monoisotopic (exact) mass is 329 g/mol. The van der Waals surface area contributed by atoms with Gasteiger partial charge in [0.2, 0.25) is 0 Å². The first-order valence-corrected chi connectivity index (χ1v) is 8.92. The normalized spacial score (nSPS) is 30.7. The topological polar surface area (TPSA) is 49.1 Å². The fraction of sp³-hybridized carbons (Fsp3) is 0.526. The number of hydrogen-bond donors (Lipinski definition) is 1. The molecule has 8 bridgehead atoms. The largest absolute Gasteiger partial charge is 0.383 e. The summed E-state index contributed by atoms with van der Waals surface area (Å²) in [7, 11) is 0. The molecule has 5 aliphatic rings. The van der Waals surface area contributed by atoms with Gasteiger partial charge in [-0.3, -0.25) is 15.0 Å². The van der Waals surface area contributed by atoms with Gasteiger partial charge in [-0.05, 0) is 69.6 Å². The van der Waals surface area contributed by atoms with Gasteiger partial charge in [0.15, 0.2) is 0 Å². The van der Waals surface area contributed by atoms with E-state index in [0.717, 1.165) is 38.5 Å². The number of nitrogens with zero attached hydrogens (tertiary/aromatic N) is 3. The number of rotatable bonds is 0. The molecule has 1 N–H and O–H groups in total. The van der Waals surface area contributed by atoms with Crippen molar-refractivity contribution in [2.75, 3.05) is 0 Å². The first-order valence-electron chi connectivity index (χ1n) is 8.92. The van der Waals surface area contributed by atoms with Crippen LogP contribution in [0.3, 0.4) is 0 Å². The Morgan fingerprint density at radius 2 is 1.46 bits per heavy atom. The van der Waals surface area contributed by atoms with E-state index < -0.39 is 0 Å². The fourth-order valence-corrected chi connectivity index (χ4v) is 4.24. The van der Waals surface area contributed by atoms with Crippen molar-refractivity contribution in [1.82, 2.24) is 5.32 Å². The van der Waals surface area contributed by atoms with Gasteiger partial charge in [0.25, 0.3) is 0 Å². The molecule has 0 aromatic heterocycles. The Bertz CT molecular complexity index is 738. The number of nitrogens with one attached hydrogen (secondary N) is 1. The van der Waals surface area contributed by atoms with Crippen LogP contribution >= 0.6 is 0 Å². The number of aliphatic imine (C=N–C) groups is 3. The van der Waals surface area contributed by atoms with Gasteiger partial charge in [-0.2, -0.15) is 0 Å². The second-order valence-electron chi connectivity index (χ2n) is 7.16. The van der Waals surface area contributed by atoms with E-state index in [1.54, 1.807) is 0 Å². The van der Waals surface area contributed by atoms with Crippen molar-refractivity contribution in [2.45, 2.75) is 63.5 Å². The van der Waals surface area contributed by atoms with Crippen molar-refractivity contribution in [3.63, 3.8) is 0 Å². The first kappa shape index (κ1) is 16.5. The average Bonchev–Trinajstić information content (AvgIpc) is 3.28. The third-order valence-corrected chi connectivity index (χ3v) is 5.44. The number of fused-ring (bicyclic) bond motifs is 6. The summed E-state index contributed by atoms with van der Waals surface area (Å²) in [5.74, 6) is 0. The Morgan fingerprint density at radius 3 is 2.25 bits per heavy atom. The van der Waals surface area contributed by atoms with Gasteiger partial charge in [-0.15, -0.1) is 0 Å². The van der Waals surface area contributed by atoms with Crippen molar-refractivity contribution in [3.8, 4) is 0 Å². The maximum atomic E-state index is 4.98. The molecule has 119 valence electrons. The molecule has 0 amide bonds. The van der Waals surface area contributed by atoms with Crippen molar-refractivity contribution >= 4 is 46.7 Å². The summed E-state index contributed by atoms with van der Waals surface area (Å²) < 4.78 is 0. The second-order valence-corrected chi connectivity index (χ2v) is 7.16. The van der Waals surface area contributed by atoms with E-state index in [1.807, 2.05) is 0 Å². The third-order valence-electron chi connectivity index (χ3n) is 5.44. The minimum Gasteiger partial charge on any atom is -0.383 e.